The number of nitrogens with one attached hydrogen (secondary N) is 2. The van der Waals surface area contributed by atoms with E-state index in [0.29, 0.717) is 48.3 Å². The minimum absolute atomic E-state index is 0.109. The van der Waals surface area contributed by atoms with E-state index in [9.17, 15) is 23.6 Å². The monoisotopic (exact) mass is 546 g/mol. The molecular weight excluding hydrogens is 515 g/mol. The Morgan fingerprint density at radius 2 is 1.90 bits per heavy atom. The Kier molecular flexibility index (Phi) is 7.43. The van der Waals surface area contributed by atoms with Crippen LogP contribution in [0.1, 0.15) is 61.5 Å². The standard InChI is InChI=1S/C29H31FN6O4/c1-17(2)36-25-10-8-19(12-23(25)27(38)35(29(36)40)15-18-5-6-18)26(37)32-22-4-3-11-34(16-22)28(39)33-21-9-7-20(14-31)24(30)13-21/h7-10,12-13,17-18,22H,3-6,11,15-16H2,1-2H3,(H,32,37)(H,33,39)/t22-/m1/s1. The van der Waals surface area contributed by atoms with Gasteiger partial charge in [-0.3, -0.25) is 18.7 Å². The fourth-order valence-corrected chi connectivity index (χ4v) is 5.18. The number of carbonyl (C=O) groups excluding carboxylic acids is 2. The highest BCUT2D eigenvalue weighted by molar-refractivity contribution is 5.98. The van der Waals surface area contributed by atoms with Crippen molar-refractivity contribution < 1.29 is 14.0 Å². The van der Waals surface area contributed by atoms with E-state index in [2.05, 4.69) is 10.6 Å². The fraction of sp³-hybridized carbons (Fsp3) is 0.414. The van der Waals surface area contributed by atoms with Gasteiger partial charge in [-0.05, 0) is 81.8 Å². The van der Waals surface area contributed by atoms with Crippen LogP contribution in [0.4, 0.5) is 14.9 Å². The third-order valence-corrected chi connectivity index (χ3v) is 7.47. The molecule has 2 N–H and O–H groups in total. The van der Waals surface area contributed by atoms with Gasteiger partial charge >= 0.3 is 11.7 Å². The van der Waals surface area contributed by atoms with E-state index in [-0.39, 0.29) is 41.5 Å². The smallest absolute Gasteiger partial charge is 0.331 e. The molecule has 1 saturated heterocycles. The molecule has 208 valence electrons. The van der Waals surface area contributed by atoms with Gasteiger partial charge in [0.05, 0.1) is 16.5 Å². The van der Waals surface area contributed by atoms with Gasteiger partial charge in [-0.25, -0.2) is 14.0 Å². The van der Waals surface area contributed by atoms with Gasteiger partial charge in [0.1, 0.15) is 11.9 Å². The van der Waals surface area contributed by atoms with Crippen LogP contribution in [0.2, 0.25) is 0 Å². The summed E-state index contributed by atoms with van der Waals surface area (Å²) < 4.78 is 16.8. The first-order valence-electron chi connectivity index (χ1n) is 13.5. The molecule has 40 heavy (non-hydrogen) atoms. The summed E-state index contributed by atoms with van der Waals surface area (Å²) in [6.45, 7) is 4.88. The molecule has 2 aliphatic rings. The average Bonchev–Trinajstić information content (AvgIpc) is 3.75. The number of nitrogens with zero attached hydrogens (tertiary/aromatic N) is 4. The number of amides is 3. The molecule has 0 bridgehead atoms. The third kappa shape index (κ3) is 5.47. The van der Waals surface area contributed by atoms with Crippen LogP contribution in [0.5, 0.6) is 0 Å². The highest BCUT2D eigenvalue weighted by Gasteiger charge is 2.27. The van der Waals surface area contributed by atoms with Crippen molar-refractivity contribution in [2.45, 2.75) is 58.2 Å². The summed E-state index contributed by atoms with van der Waals surface area (Å²) in [5.41, 5.74) is 0.191. The van der Waals surface area contributed by atoms with Crippen molar-refractivity contribution in [3.05, 3.63) is 74.2 Å². The Bertz CT molecular complexity index is 1650. The number of urea groups is 1. The third-order valence-electron chi connectivity index (χ3n) is 7.47. The zero-order valence-corrected chi connectivity index (χ0v) is 22.4. The Hall–Kier alpha value is -4.46. The molecule has 3 aromatic rings. The number of nitriles is 1. The second-order valence-corrected chi connectivity index (χ2v) is 10.8. The van der Waals surface area contributed by atoms with Crippen molar-refractivity contribution in [2.24, 2.45) is 5.92 Å². The van der Waals surface area contributed by atoms with Crippen molar-refractivity contribution >= 4 is 28.5 Å². The van der Waals surface area contributed by atoms with Crippen LogP contribution in [0, 0.1) is 23.1 Å². The molecule has 1 aromatic heterocycles. The second-order valence-electron chi connectivity index (χ2n) is 10.8. The number of likely N-dealkylation sites (tertiary alicyclic amines) is 1. The van der Waals surface area contributed by atoms with Gasteiger partial charge in [0.15, 0.2) is 0 Å². The summed E-state index contributed by atoms with van der Waals surface area (Å²) in [6.07, 6.45) is 3.31. The maximum atomic E-state index is 13.9. The molecule has 10 nitrogen and oxygen atoms in total. The zero-order valence-electron chi connectivity index (χ0n) is 22.4. The van der Waals surface area contributed by atoms with Crippen molar-refractivity contribution in [1.82, 2.24) is 19.4 Å². The number of hydrogen-bond donors (Lipinski definition) is 2. The van der Waals surface area contributed by atoms with E-state index in [4.69, 9.17) is 5.26 Å². The molecule has 1 saturated carbocycles. The van der Waals surface area contributed by atoms with Crippen LogP contribution in [0.3, 0.4) is 0 Å². The van der Waals surface area contributed by atoms with E-state index in [1.807, 2.05) is 13.8 Å². The lowest BCUT2D eigenvalue weighted by molar-refractivity contribution is 0.0913. The van der Waals surface area contributed by atoms with E-state index >= 15 is 0 Å². The SMILES string of the molecule is CC(C)n1c(=O)n(CC2CC2)c(=O)c2cc(C(=O)N[C@@H]3CCCN(C(=O)Nc4ccc(C#N)c(F)c4)C3)ccc21. The quantitative estimate of drug-likeness (QED) is 0.488. The fourth-order valence-electron chi connectivity index (χ4n) is 5.18. The van der Waals surface area contributed by atoms with Gasteiger partial charge in [-0.2, -0.15) is 5.26 Å². The number of carbonyl (C=O) groups is 2. The first kappa shape index (κ1) is 27.1. The highest BCUT2D eigenvalue weighted by Crippen LogP contribution is 2.30. The van der Waals surface area contributed by atoms with Gasteiger partial charge in [-0.1, -0.05) is 0 Å². The number of fused-ring (bicyclic) bond motifs is 1. The maximum Gasteiger partial charge on any atom is 0.331 e. The molecule has 2 heterocycles. The number of benzene rings is 2. The Morgan fingerprint density at radius 3 is 2.58 bits per heavy atom. The molecule has 11 heteroatoms. The lowest BCUT2D eigenvalue weighted by Gasteiger charge is -2.33. The number of rotatable bonds is 6. The van der Waals surface area contributed by atoms with Gasteiger partial charge in [-0.15, -0.1) is 0 Å². The van der Waals surface area contributed by atoms with Crippen LogP contribution in [0.25, 0.3) is 10.9 Å². The Labute approximate surface area is 230 Å². The minimum Gasteiger partial charge on any atom is -0.348 e. The van der Waals surface area contributed by atoms with E-state index < -0.39 is 17.4 Å². The van der Waals surface area contributed by atoms with E-state index in [1.54, 1.807) is 33.7 Å². The zero-order chi connectivity index (χ0) is 28.6. The summed E-state index contributed by atoms with van der Waals surface area (Å²) in [6, 6.07) is 9.46. The molecule has 0 radical (unpaired) electrons. The van der Waals surface area contributed by atoms with Crippen molar-refractivity contribution in [1.29, 1.82) is 5.26 Å². The van der Waals surface area contributed by atoms with Crippen LogP contribution in [-0.4, -0.2) is 45.1 Å². The topological polar surface area (TPSA) is 129 Å². The van der Waals surface area contributed by atoms with Crippen molar-refractivity contribution in [3.63, 3.8) is 0 Å². The summed E-state index contributed by atoms with van der Waals surface area (Å²) in [5, 5.41) is 14.8. The molecule has 1 atom stereocenters. The second kappa shape index (κ2) is 11.0. The molecule has 3 amide bonds. The van der Waals surface area contributed by atoms with Crippen molar-refractivity contribution in [3.8, 4) is 6.07 Å². The number of piperidine rings is 1. The first-order valence-corrected chi connectivity index (χ1v) is 13.5. The maximum absolute atomic E-state index is 13.9. The molecule has 0 unspecified atom stereocenters. The molecule has 1 aliphatic carbocycles. The van der Waals surface area contributed by atoms with Gasteiger partial charge in [0.2, 0.25) is 0 Å². The molecule has 0 spiro atoms. The van der Waals surface area contributed by atoms with Gasteiger partial charge in [0, 0.05) is 43.0 Å². The largest absolute Gasteiger partial charge is 0.348 e. The summed E-state index contributed by atoms with van der Waals surface area (Å²) in [7, 11) is 0. The predicted octanol–water partition coefficient (Wildman–Crippen LogP) is 3.59. The lowest BCUT2D eigenvalue weighted by atomic mass is 10.0. The number of hydrogen-bond acceptors (Lipinski definition) is 5. The van der Waals surface area contributed by atoms with Crippen LogP contribution in [0.15, 0.2) is 46.0 Å². The normalized spacial score (nSPS) is 17.1. The van der Waals surface area contributed by atoms with E-state index in [1.165, 1.54) is 16.7 Å². The summed E-state index contributed by atoms with van der Waals surface area (Å²) in [5.74, 6) is -0.764. The molecule has 2 fully saturated rings. The molecule has 5 rings (SSSR count). The lowest BCUT2D eigenvalue weighted by Crippen LogP contribution is -2.50. The first-order chi connectivity index (χ1) is 19.2. The van der Waals surface area contributed by atoms with Crippen molar-refractivity contribution in [2.75, 3.05) is 18.4 Å². The van der Waals surface area contributed by atoms with Crippen LogP contribution < -0.4 is 21.9 Å². The molecule has 2 aromatic carbocycles. The number of halogens is 1. The predicted molar refractivity (Wildman–Crippen MR) is 148 cm³/mol. The molecule has 1 aliphatic heterocycles. The van der Waals surface area contributed by atoms with E-state index in [0.717, 1.165) is 18.9 Å². The Balaban J connectivity index is 1.32. The highest BCUT2D eigenvalue weighted by atomic mass is 19.1. The van der Waals surface area contributed by atoms with Crippen LogP contribution in [-0.2, 0) is 6.54 Å². The average molecular weight is 547 g/mol. The number of anilines is 1. The number of aromatic nitrogens is 2. The summed E-state index contributed by atoms with van der Waals surface area (Å²) >= 11 is 0. The van der Waals surface area contributed by atoms with Gasteiger partial charge < -0.3 is 15.5 Å². The van der Waals surface area contributed by atoms with Gasteiger partial charge in [0.25, 0.3) is 11.5 Å². The molecular formula is C29H31FN6O4. The van der Waals surface area contributed by atoms with Crippen LogP contribution >= 0.6 is 0 Å². The summed E-state index contributed by atoms with van der Waals surface area (Å²) in [4.78, 5) is 54.0. The minimum atomic E-state index is -0.718. The Morgan fingerprint density at radius 1 is 1.12 bits per heavy atom.